The molecule has 6 unspecified atom stereocenters. The van der Waals surface area contributed by atoms with Crippen molar-refractivity contribution in [3.05, 3.63) is 22.9 Å². The molecular weight excluding hydrogens is 474 g/mol. The first kappa shape index (κ1) is 29.1. The topological polar surface area (TPSA) is 138 Å². The van der Waals surface area contributed by atoms with E-state index in [4.69, 9.17) is 16.2 Å². The van der Waals surface area contributed by atoms with Gasteiger partial charge in [-0.15, -0.1) is 0 Å². The molecule has 0 aromatic carbocycles. The molecule has 2 amide bonds. The third-order valence-electron chi connectivity index (χ3n) is 7.50. The molecule has 2 aliphatic heterocycles. The molecular formula is C26H49N7O2S. The van der Waals surface area contributed by atoms with Gasteiger partial charge in [0, 0.05) is 35.3 Å². The van der Waals surface area contributed by atoms with Gasteiger partial charge < -0.3 is 37.5 Å². The van der Waals surface area contributed by atoms with Crippen LogP contribution in [-0.2, 0) is 4.74 Å². The molecule has 1 saturated carbocycles. The summed E-state index contributed by atoms with van der Waals surface area (Å²) in [5.74, 6) is 1.37. The van der Waals surface area contributed by atoms with Crippen LogP contribution in [0.2, 0.25) is 0 Å². The van der Waals surface area contributed by atoms with Gasteiger partial charge in [-0.05, 0) is 57.4 Å². The molecule has 0 saturated heterocycles. The second kappa shape index (κ2) is 13.4. The van der Waals surface area contributed by atoms with E-state index in [0.717, 1.165) is 30.6 Å². The Bertz CT molecular complexity index is 776. The van der Waals surface area contributed by atoms with E-state index in [1.807, 2.05) is 20.0 Å². The average molecular weight is 524 g/mol. The van der Waals surface area contributed by atoms with E-state index < -0.39 is 0 Å². The Morgan fingerprint density at radius 1 is 1.22 bits per heavy atom. The van der Waals surface area contributed by atoms with E-state index in [1.54, 1.807) is 11.8 Å². The SMILES string of the molecule is CCC(CC)OC1CC(C)C(C2=CC(C3=CNC(NC(=O)NC(C)C)S3)NC(C(N)CN)N2)C(C)C1. The Balaban J connectivity index is 1.72. The molecule has 1 fully saturated rings. The van der Waals surface area contributed by atoms with Crippen LogP contribution < -0.4 is 38.1 Å². The van der Waals surface area contributed by atoms with E-state index in [9.17, 15) is 4.79 Å². The van der Waals surface area contributed by atoms with Crippen molar-refractivity contribution in [1.29, 1.82) is 0 Å². The number of hydrogen-bond donors (Lipinski definition) is 7. The highest BCUT2D eigenvalue weighted by molar-refractivity contribution is 8.03. The molecule has 206 valence electrons. The summed E-state index contributed by atoms with van der Waals surface area (Å²) >= 11 is 1.61. The number of carbonyl (C=O) groups excluding carboxylic acids is 1. The Labute approximate surface area is 221 Å². The van der Waals surface area contributed by atoms with Crippen LogP contribution >= 0.6 is 11.8 Å². The van der Waals surface area contributed by atoms with E-state index in [1.165, 1.54) is 5.70 Å². The number of hydrogen-bond acceptors (Lipinski definition) is 8. The summed E-state index contributed by atoms with van der Waals surface area (Å²) in [4.78, 5) is 13.3. The van der Waals surface area contributed by atoms with Gasteiger partial charge in [-0.3, -0.25) is 5.32 Å². The molecule has 0 aromatic rings. The zero-order valence-electron chi connectivity index (χ0n) is 22.8. The Kier molecular flexibility index (Phi) is 10.8. The summed E-state index contributed by atoms with van der Waals surface area (Å²) in [6, 6.07) is -0.336. The van der Waals surface area contributed by atoms with Gasteiger partial charge in [-0.1, -0.05) is 39.5 Å². The summed E-state index contributed by atoms with van der Waals surface area (Å²) in [5.41, 5.74) is 13.4. The molecule has 36 heavy (non-hydrogen) atoms. The molecule has 1 aliphatic carbocycles. The summed E-state index contributed by atoms with van der Waals surface area (Å²) in [5, 5.41) is 16.4. The lowest BCUT2D eigenvalue weighted by Crippen LogP contribution is -2.62. The second-order valence-electron chi connectivity index (χ2n) is 10.9. The summed E-state index contributed by atoms with van der Waals surface area (Å²) < 4.78 is 6.46. The third-order valence-corrected chi connectivity index (χ3v) is 8.63. The zero-order valence-corrected chi connectivity index (χ0v) is 23.7. The van der Waals surface area contributed by atoms with Crippen molar-refractivity contribution in [1.82, 2.24) is 26.6 Å². The quantitative estimate of drug-likeness (QED) is 0.232. The number of rotatable bonds is 10. The lowest BCUT2D eigenvalue weighted by atomic mass is 9.70. The highest BCUT2D eigenvalue weighted by atomic mass is 32.2. The average Bonchev–Trinajstić information content (AvgIpc) is 3.29. The smallest absolute Gasteiger partial charge is 0.317 e. The number of amides is 2. The molecule has 0 spiro atoms. The van der Waals surface area contributed by atoms with E-state index in [0.29, 0.717) is 36.5 Å². The van der Waals surface area contributed by atoms with Gasteiger partial charge >= 0.3 is 6.03 Å². The van der Waals surface area contributed by atoms with Crippen LogP contribution in [0.4, 0.5) is 4.79 Å². The van der Waals surface area contributed by atoms with Crippen LogP contribution in [0.5, 0.6) is 0 Å². The lowest BCUT2D eigenvalue weighted by Gasteiger charge is -2.45. The normalized spacial score (nSPS) is 33.4. The van der Waals surface area contributed by atoms with Crippen LogP contribution in [0.25, 0.3) is 0 Å². The van der Waals surface area contributed by atoms with E-state index in [-0.39, 0.29) is 35.8 Å². The minimum absolute atomic E-state index is 0.0146. The van der Waals surface area contributed by atoms with Crippen molar-refractivity contribution in [3.8, 4) is 0 Å². The Morgan fingerprint density at radius 3 is 2.47 bits per heavy atom. The molecule has 9 N–H and O–H groups in total. The number of thioether (sulfide) groups is 1. The predicted molar refractivity (Wildman–Crippen MR) is 149 cm³/mol. The van der Waals surface area contributed by atoms with Gasteiger partial charge in [-0.2, -0.15) is 0 Å². The maximum Gasteiger partial charge on any atom is 0.317 e. The first-order valence-electron chi connectivity index (χ1n) is 13.7. The largest absolute Gasteiger partial charge is 0.375 e. The number of urea groups is 1. The lowest BCUT2D eigenvalue weighted by molar-refractivity contribution is -0.0620. The fourth-order valence-corrected chi connectivity index (χ4v) is 6.70. The minimum Gasteiger partial charge on any atom is -0.375 e. The zero-order chi connectivity index (χ0) is 26.4. The minimum atomic E-state index is -0.220. The van der Waals surface area contributed by atoms with Gasteiger partial charge in [0.2, 0.25) is 0 Å². The van der Waals surface area contributed by atoms with Gasteiger partial charge in [0.1, 0.15) is 0 Å². The van der Waals surface area contributed by atoms with Crippen molar-refractivity contribution in [2.45, 2.75) is 109 Å². The highest BCUT2D eigenvalue weighted by Crippen LogP contribution is 2.41. The Hall–Kier alpha value is -1.46. The standard InChI is InChI=1S/C26H49N7O2S/c1-7-17(8-2)35-18-9-15(5)23(16(6)10-18)21-11-20(31-24(32-21)19(28)12-27)22-13-29-26(36-22)33-25(34)30-14(3)4/h11,13-20,23-24,26,29,31-32H,7-10,12,27-28H2,1-6H3,(H2,30,33,34). The van der Waals surface area contributed by atoms with Crippen LogP contribution in [0, 0.1) is 17.8 Å². The van der Waals surface area contributed by atoms with Crippen molar-refractivity contribution in [2.24, 2.45) is 29.2 Å². The van der Waals surface area contributed by atoms with Crippen molar-refractivity contribution >= 4 is 17.8 Å². The summed E-state index contributed by atoms with van der Waals surface area (Å²) in [6.45, 7) is 13.4. The molecule has 10 heteroatoms. The highest BCUT2D eigenvalue weighted by Gasteiger charge is 2.40. The van der Waals surface area contributed by atoms with Crippen LogP contribution in [0.15, 0.2) is 22.9 Å². The van der Waals surface area contributed by atoms with Crippen LogP contribution in [0.3, 0.4) is 0 Å². The number of carbonyl (C=O) groups is 1. The molecule has 0 radical (unpaired) electrons. The van der Waals surface area contributed by atoms with Gasteiger partial charge in [0.05, 0.1) is 30.5 Å². The molecule has 3 aliphatic rings. The molecule has 0 aromatic heterocycles. The molecule has 3 rings (SSSR count). The van der Waals surface area contributed by atoms with Gasteiger partial charge in [0.15, 0.2) is 5.50 Å². The summed E-state index contributed by atoms with van der Waals surface area (Å²) in [7, 11) is 0. The van der Waals surface area contributed by atoms with Crippen LogP contribution in [-0.4, -0.2) is 54.6 Å². The molecule has 9 nitrogen and oxygen atoms in total. The number of allylic oxidation sites excluding steroid dienone is 1. The van der Waals surface area contributed by atoms with Crippen molar-refractivity contribution in [3.63, 3.8) is 0 Å². The number of nitrogens with two attached hydrogens (primary N) is 2. The molecule has 6 atom stereocenters. The fraction of sp³-hybridized carbons (Fsp3) is 0.808. The molecule has 2 heterocycles. The van der Waals surface area contributed by atoms with E-state index >= 15 is 0 Å². The van der Waals surface area contributed by atoms with Crippen LogP contribution in [0.1, 0.15) is 67.2 Å². The maximum atomic E-state index is 12.2. The first-order chi connectivity index (χ1) is 17.1. The molecule has 0 bridgehead atoms. The predicted octanol–water partition coefficient (Wildman–Crippen LogP) is 2.47. The van der Waals surface area contributed by atoms with E-state index in [2.05, 4.69) is 60.4 Å². The van der Waals surface area contributed by atoms with Gasteiger partial charge in [-0.25, -0.2) is 4.79 Å². The number of nitrogens with one attached hydrogen (secondary N) is 5. The van der Waals surface area contributed by atoms with Gasteiger partial charge in [0.25, 0.3) is 0 Å². The monoisotopic (exact) mass is 523 g/mol. The Morgan fingerprint density at radius 2 is 1.89 bits per heavy atom. The van der Waals surface area contributed by atoms with Crippen molar-refractivity contribution in [2.75, 3.05) is 6.54 Å². The van der Waals surface area contributed by atoms with Crippen molar-refractivity contribution < 1.29 is 9.53 Å². The second-order valence-corrected chi connectivity index (χ2v) is 12.1. The number of ether oxygens (including phenoxy) is 1. The summed E-state index contributed by atoms with van der Waals surface area (Å²) in [6.07, 6.45) is 9.08. The fourth-order valence-electron chi connectivity index (χ4n) is 5.70. The maximum absolute atomic E-state index is 12.2. The first-order valence-corrected chi connectivity index (χ1v) is 14.6. The third kappa shape index (κ3) is 7.54.